The molecule has 180 valence electrons. The summed E-state index contributed by atoms with van der Waals surface area (Å²) in [5, 5.41) is 9.44. The summed E-state index contributed by atoms with van der Waals surface area (Å²) in [6.45, 7) is 9.72. The van der Waals surface area contributed by atoms with Crippen LogP contribution < -0.4 is 16.0 Å². The van der Waals surface area contributed by atoms with Gasteiger partial charge in [0.15, 0.2) is 5.11 Å². The highest BCUT2D eigenvalue weighted by molar-refractivity contribution is 7.80. The summed E-state index contributed by atoms with van der Waals surface area (Å²) in [4.78, 5) is 27.3. The van der Waals surface area contributed by atoms with Crippen LogP contribution >= 0.6 is 12.2 Å². The van der Waals surface area contributed by atoms with E-state index in [9.17, 15) is 9.59 Å². The van der Waals surface area contributed by atoms with Crippen LogP contribution in [0.3, 0.4) is 0 Å². The summed E-state index contributed by atoms with van der Waals surface area (Å²) in [5.74, 6) is 0.0207. The number of carbonyl (C=O) groups excluding carboxylic acids is 2. The minimum absolute atomic E-state index is 0.251. The number of esters is 1. The lowest BCUT2D eigenvalue weighted by Gasteiger charge is -2.35. The molecule has 1 aliphatic rings. The Labute approximate surface area is 206 Å². The van der Waals surface area contributed by atoms with Crippen LogP contribution in [0, 0.1) is 0 Å². The number of hydrogen-bond acceptors (Lipinski definition) is 4. The molecule has 7 nitrogen and oxygen atoms in total. The molecule has 1 atom stereocenters. The van der Waals surface area contributed by atoms with Crippen LogP contribution in [0.4, 0.5) is 16.2 Å². The van der Waals surface area contributed by atoms with Gasteiger partial charge in [0, 0.05) is 24.1 Å². The second kappa shape index (κ2) is 10.7. The van der Waals surface area contributed by atoms with Crippen molar-refractivity contribution in [1.29, 1.82) is 0 Å². The highest BCUT2D eigenvalue weighted by atomic mass is 32.1. The second-order valence-electron chi connectivity index (χ2n) is 8.88. The number of hydrogen-bond donors (Lipinski definition) is 3. The van der Waals surface area contributed by atoms with Gasteiger partial charge in [-0.3, -0.25) is 0 Å². The van der Waals surface area contributed by atoms with Crippen molar-refractivity contribution in [2.24, 2.45) is 0 Å². The molecule has 1 aliphatic heterocycles. The number of thiocarbonyl (C=S) groups is 1. The maximum Gasteiger partial charge on any atom is 0.338 e. The van der Waals surface area contributed by atoms with Crippen LogP contribution in [0.5, 0.6) is 0 Å². The zero-order valence-corrected chi connectivity index (χ0v) is 21.2. The van der Waals surface area contributed by atoms with Gasteiger partial charge in [-0.25, -0.2) is 9.59 Å². The molecule has 0 saturated heterocycles. The van der Waals surface area contributed by atoms with Gasteiger partial charge in [-0.2, -0.15) is 0 Å². The van der Waals surface area contributed by atoms with Crippen molar-refractivity contribution in [1.82, 2.24) is 10.2 Å². The quantitative estimate of drug-likeness (QED) is 0.372. The van der Waals surface area contributed by atoms with Crippen molar-refractivity contribution in [2.45, 2.75) is 52.7 Å². The highest BCUT2D eigenvalue weighted by Crippen LogP contribution is 2.32. The molecular formula is C26H32N4O3S. The highest BCUT2D eigenvalue weighted by Gasteiger charge is 2.34. The fourth-order valence-corrected chi connectivity index (χ4v) is 3.92. The van der Waals surface area contributed by atoms with E-state index in [1.807, 2.05) is 63.2 Å². The lowest BCUT2D eigenvalue weighted by Crippen LogP contribution is -2.46. The number of nitrogens with zero attached hydrogens (tertiary/aromatic N) is 1. The third-order valence-corrected chi connectivity index (χ3v) is 6.02. The maximum atomic E-state index is 12.9. The Hall–Kier alpha value is -3.39. The normalized spacial score (nSPS) is 15.9. The number of allylic oxidation sites excluding steroid dienone is 1. The third kappa shape index (κ3) is 5.94. The Morgan fingerprint density at radius 1 is 1.03 bits per heavy atom. The number of urea groups is 1. The standard InChI is InChI=1S/C26H32N4O3S/c1-15(2)18-10-12-20(13-11-18)27-25(32)28-21-9-7-8-19(14-21)23-22(24(31)33-16(3)4)17(5)30(6)26(34)29-23/h7-16,23H,1-6H3,(H,29,34)(H2,27,28,32). The first kappa shape index (κ1) is 25.2. The Morgan fingerprint density at radius 2 is 1.68 bits per heavy atom. The topological polar surface area (TPSA) is 82.7 Å². The van der Waals surface area contributed by atoms with Gasteiger partial charge < -0.3 is 25.6 Å². The van der Waals surface area contributed by atoms with Crippen LogP contribution in [0.2, 0.25) is 0 Å². The number of amides is 2. The Morgan fingerprint density at radius 3 is 2.29 bits per heavy atom. The summed E-state index contributed by atoms with van der Waals surface area (Å²) in [6, 6.07) is 14.2. The molecule has 0 radical (unpaired) electrons. The van der Waals surface area contributed by atoms with Gasteiger partial charge in [0.05, 0.1) is 17.7 Å². The second-order valence-corrected chi connectivity index (χ2v) is 9.26. The molecule has 2 aromatic rings. The summed E-state index contributed by atoms with van der Waals surface area (Å²) >= 11 is 5.46. The molecule has 3 N–H and O–H groups in total. The van der Waals surface area contributed by atoms with Gasteiger partial charge in [0.25, 0.3) is 0 Å². The van der Waals surface area contributed by atoms with Crippen molar-refractivity contribution in [3.05, 3.63) is 70.9 Å². The molecule has 0 saturated carbocycles. The van der Waals surface area contributed by atoms with Crippen molar-refractivity contribution < 1.29 is 14.3 Å². The van der Waals surface area contributed by atoms with Gasteiger partial charge in [-0.1, -0.05) is 38.1 Å². The number of benzene rings is 2. The van der Waals surface area contributed by atoms with Crippen molar-refractivity contribution >= 4 is 40.7 Å². The van der Waals surface area contributed by atoms with E-state index in [0.717, 1.165) is 11.3 Å². The predicted octanol–water partition coefficient (Wildman–Crippen LogP) is 5.54. The van der Waals surface area contributed by atoms with Crippen LogP contribution in [-0.2, 0) is 9.53 Å². The molecule has 0 bridgehead atoms. The average molecular weight is 481 g/mol. The molecule has 8 heteroatoms. The van der Waals surface area contributed by atoms with E-state index >= 15 is 0 Å². The number of rotatable bonds is 6. The Balaban J connectivity index is 1.80. The molecule has 0 spiro atoms. The van der Waals surface area contributed by atoms with E-state index in [4.69, 9.17) is 17.0 Å². The zero-order valence-electron chi connectivity index (χ0n) is 20.4. The molecule has 3 rings (SSSR count). The van der Waals surface area contributed by atoms with Gasteiger partial charge >= 0.3 is 12.0 Å². The molecule has 2 amide bonds. The van der Waals surface area contributed by atoms with Crippen molar-refractivity contribution in [3.63, 3.8) is 0 Å². The minimum atomic E-state index is -0.497. The minimum Gasteiger partial charge on any atom is -0.459 e. The summed E-state index contributed by atoms with van der Waals surface area (Å²) in [5.41, 5.74) is 4.49. The van der Waals surface area contributed by atoms with Crippen LogP contribution in [-0.4, -0.2) is 35.2 Å². The molecule has 0 aromatic heterocycles. The number of nitrogens with one attached hydrogen (secondary N) is 3. The fraction of sp³-hybridized carbons (Fsp3) is 0.346. The van der Waals surface area contributed by atoms with Crippen LogP contribution in [0.15, 0.2) is 59.8 Å². The van der Waals surface area contributed by atoms with Gasteiger partial charge in [-0.15, -0.1) is 0 Å². The lowest BCUT2D eigenvalue weighted by molar-refractivity contribution is -0.143. The van der Waals surface area contributed by atoms with Crippen molar-refractivity contribution in [3.8, 4) is 0 Å². The smallest absolute Gasteiger partial charge is 0.338 e. The largest absolute Gasteiger partial charge is 0.459 e. The predicted molar refractivity (Wildman–Crippen MR) is 140 cm³/mol. The molecule has 0 aliphatic carbocycles. The SMILES string of the molecule is CC1=C(C(=O)OC(C)C)C(c2cccc(NC(=O)Nc3ccc(C(C)C)cc3)c2)NC(=S)N1C. The zero-order chi connectivity index (χ0) is 25.0. The Kier molecular flexibility index (Phi) is 7.94. The van der Waals surface area contributed by atoms with E-state index in [2.05, 4.69) is 29.8 Å². The first-order valence-corrected chi connectivity index (χ1v) is 11.7. The molecule has 2 aromatic carbocycles. The van der Waals surface area contributed by atoms with E-state index in [1.54, 1.807) is 18.0 Å². The summed E-state index contributed by atoms with van der Waals surface area (Å²) in [6.07, 6.45) is -0.251. The van der Waals surface area contributed by atoms with E-state index in [0.29, 0.717) is 28.0 Å². The van der Waals surface area contributed by atoms with Gasteiger partial charge in [0.2, 0.25) is 0 Å². The van der Waals surface area contributed by atoms with E-state index in [1.165, 1.54) is 5.56 Å². The summed E-state index contributed by atoms with van der Waals surface area (Å²) < 4.78 is 5.49. The van der Waals surface area contributed by atoms with E-state index in [-0.39, 0.29) is 12.1 Å². The maximum absolute atomic E-state index is 12.9. The Bertz CT molecular complexity index is 1110. The fourth-order valence-electron chi connectivity index (χ4n) is 3.67. The van der Waals surface area contributed by atoms with Crippen LogP contribution in [0.1, 0.15) is 57.7 Å². The number of carbonyl (C=O) groups is 2. The number of anilines is 2. The molecule has 1 heterocycles. The molecule has 0 fully saturated rings. The number of ether oxygens (including phenoxy) is 1. The van der Waals surface area contributed by atoms with E-state index < -0.39 is 12.0 Å². The lowest BCUT2D eigenvalue weighted by atomic mass is 9.94. The van der Waals surface area contributed by atoms with Crippen LogP contribution in [0.25, 0.3) is 0 Å². The van der Waals surface area contributed by atoms with Gasteiger partial charge in [0.1, 0.15) is 0 Å². The summed E-state index contributed by atoms with van der Waals surface area (Å²) in [7, 11) is 1.81. The monoisotopic (exact) mass is 480 g/mol. The third-order valence-electron chi connectivity index (χ3n) is 5.63. The first-order valence-electron chi connectivity index (χ1n) is 11.3. The molecule has 34 heavy (non-hydrogen) atoms. The average Bonchev–Trinajstić information content (AvgIpc) is 2.77. The molecule has 1 unspecified atom stereocenters. The first-order chi connectivity index (χ1) is 16.1. The van der Waals surface area contributed by atoms with Gasteiger partial charge in [-0.05, 0) is 74.3 Å². The van der Waals surface area contributed by atoms with Crippen molar-refractivity contribution in [2.75, 3.05) is 17.7 Å². The molecular weight excluding hydrogens is 448 g/mol.